The molecule has 0 atom stereocenters. The van der Waals surface area contributed by atoms with Crippen LogP contribution < -0.4 is 17.0 Å². The van der Waals surface area contributed by atoms with Crippen molar-refractivity contribution in [1.82, 2.24) is 9.55 Å². The number of H-pyrrole nitrogens is 1. The average molecular weight is 310 g/mol. The highest BCUT2D eigenvalue weighted by Gasteiger charge is 2.05. The summed E-state index contributed by atoms with van der Waals surface area (Å²) in [5.74, 6) is 0. The van der Waals surface area contributed by atoms with Crippen LogP contribution in [0.1, 0.15) is 11.1 Å². The minimum Gasteiger partial charge on any atom is -0.326 e. The van der Waals surface area contributed by atoms with Gasteiger partial charge in [0, 0.05) is 22.8 Å². The first-order valence-electron chi connectivity index (χ1n) is 5.38. The standard InChI is InChI=1S/C12H12BrN3O2/c13-10-4-2-1-3-8(10)6-16-7-9(5-14)11(17)15-12(16)18/h1-4,7H,5-6,14H2,(H,15,17,18). The monoisotopic (exact) mass is 309 g/mol. The maximum Gasteiger partial charge on any atom is 0.328 e. The lowest BCUT2D eigenvalue weighted by molar-refractivity contribution is 0.704. The molecule has 0 aliphatic rings. The summed E-state index contributed by atoms with van der Waals surface area (Å²) >= 11 is 3.42. The normalized spacial score (nSPS) is 10.6. The van der Waals surface area contributed by atoms with E-state index in [4.69, 9.17) is 5.73 Å². The molecule has 0 aliphatic heterocycles. The molecule has 5 nitrogen and oxygen atoms in total. The summed E-state index contributed by atoms with van der Waals surface area (Å²) in [7, 11) is 0. The highest BCUT2D eigenvalue weighted by Crippen LogP contribution is 2.16. The van der Waals surface area contributed by atoms with Crippen LogP contribution in [-0.2, 0) is 13.1 Å². The second kappa shape index (κ2) is 5.32. The molecule has 0 saturated heterocycles. The largest absolute Gasteiger partial charge is 0.328 e. The number of aromatic amines is 1. The Morgan fingerprint density at radius 2 is 1.94 bits per heavy atom. The fourth-order valence-electron chi connectivity index (χ4n) is 1.63. The Hall–Kier alpha value is -1.66. The SMILES string of the molecule is NCc1cn(Cc2ccccc2Br)c(=O)[nH]c1=O. The second-order valence-corrected chi connectivity index (χ2v) is 4.69. The molecule has 0 amide bonds. The van der Waals surface area contributed by atoms with Gasteiger partial charge in [0.2, 0.25) is 0 Å². The van der Waals surface area contributed by atoms with Crippen molar-refractivity contribution < 1.29 is 0 Å². The lowest BCUT2D eigenvalue weighted by Gasteiger charge is -2.08. The molecular weight excluding hydrogens is 298 g/mol. The molecule has 94 valence electrons. The zero-order valence-electron chi connectivity index (χ0n) is 9.52. The fraction of sp³-hybridized carbons (Fsp3) is 0.167. The van der Waals surface area contributed by atoms with Crippen molar-refractivity contribution in [2.45, 2.75) is 13.1 Å². The van der Waals surface area contributed by atoms with Gasteiger partial charge in [-0.15, -0.1) is 0 Å². The third-order valence-corrected chi connectivity index (χ3v) is 3.38. The van der Waals surface area contributed by atoms with E-state index < -0.39 is 11.2 Å². The Morgan fingerprint density at radius 1 is 1.22 bits per heavy atom. The maximum absolute atomic E-state index is 11.7. The molecule has 0 unspecified atom stereocenters. The summed E-state index contributed by atoms with van der Waals surface area (Å²) < 4.78 is 2.35. The Morgan fingerprint density at radius 3 is 2.61 bits per heavy atom. The van der Waals surface area contributed by atoms with Gasteiger partial charge in [-0.2, -0.15) is 0 Å². The predicted octanol–water partition coefficient (Wildman–Crippen LogP) is 0.806. The van der Waals surface area contributed by atoms with Gasteiger partial charge in [-0.05, 0) is 11.6 Å². The summed E-state index contributed by atoms with van der Waals surface area (Å²) in [6.07, 6.45) is 1.50. The van der Waals surface area contributed by atoms with Gasteiger partial charge < -0.3 is 5.73 Å². The number of nitrogens with two attached hydrogens (primary N) is 1. The van der Waals surface area contributed by atoms with Crippen LogP contribution in [0.5, 0.6) is 0 Å². The van der Waals surface area contributed by atoms with Crippen molar-refractivity contribution in [2.75, 3.05) is 0 Å². The number of nitrogens with zero attached hydrogens (tertiary/aromatic N) is 1. The molecule has 0 radical (unpaired) electrons. The van der Waals surface area contributed by atoms with Crippen LogP contribution >= 0.6 is 15.9 Å². The fourth-order valence-corrected chi connectivity index (χ4v) is 2.04. The first-order chi connectivity index (χ1) is 8.61. The minimum atomic E-state index is -0.437. The lowest BCUT2D eigenvalue weighted by Crippen LogP contribution is -2.32. The zero-order valence-corrected chi connectivity index (χ0v) is 11.1. The van der Waals surface area contributed by atoms with Crippen molar-refractivity contribution in [3.63, 3.8) is 0 Å². The molecule has 1 heterocycles. The molecule has 3 N–H and O–H groups in total. The molecular formula is C12H12BrN3O2. The molecule has 2 aromatic rings. The zero-order chi connectivity index (χ0) is 13.1. The van der Waals surface area contributed by atoms with Crippen LogP contribution in [0, 0.1) is 0 Å². The average Bonchev–Trinajstić information content (AvgIpc) is 2.35. The Bertz CT molecular complexity index is 676. The van der Waals surface area contributed by atoms with E-state index >= 15 is 0 Å². The molecule has 0 aliphatic carbocycles. The third-order valence-electron chi connectivity index (χ3n) is 2.60. The number of benzene rings is 1. The van der Waals surface area contributed by atoms with Crippen LogP contribution in [-0.4, -0.2) is 9.55 Å². The molecule has 0 bridgehead atoms. The first kappa shape index (κ1) is 12.8. The van der Waals surface area contributed by atoms with Crippen LogP contribution in [0.2, 0.25) is 0 Å². The molecule has 0 saturated carbocycles. The summed E-state index contributed by atoms with van der Waals surface area (Å²) in [4.78, 5) is 25.3. The van der Waals surface area contributed by atoms with Gasteiger partial charge in [0.15, 0.2) is 0 Å². The molecule has 0 fully saturated rings. The Balaban J connectivity index is 2.44. The Labute approximate surface area is 111 Å². The van der Waals surface area contributed by atoms with Crippen molar-refractivity contribution in [3.05, 3.63) is 66.9 Å². The van der Waals surface area contributed by atoms with E-state index in [9.17, 15) is 9.59 Å². The van der Waals surface area contributed by atoms with E-state index in [1.807, 2.05) is 24.3 Å². The Kier molecular flexibility index (Phi) is 3.78. The summed E-state index contributed by atoms with van der Waals surface area (Å²) in [6, 6.07) is 7.59. The number of nitrogens with one attached hydrogen (secondary N) is 1. The van der Waals surface area contributed by atoms with E-state index in [1.54, 1.807) is 0 Å². The topological polar surface area (TPSA) is 80.9 Å². The molecule has 6 heteroatoms. The highest BCUT2D eigenvalue weighted by atomic mass is 79.9. The molecule has 18 heavy (non-hydrogen) atoms. The third kappa shape index (κ3) is 2.60. The predicted molar refractivity (Wildman–Crippen MR) is 72.5 cm³/mol. The van der Waals surface area contributed by atoms with Gasteiger partial charge >= 0.3 is 5.69 Å². The lowest BCUT2D eigenvalue weighted by atomic mass is 10.2. The minimum absolute atomic E-state index is 0.103. The number of rotatable bonds is 3. The number of hydrogen-bond donors (Lipinski definition) is 2. The summed E-state index contributed by atoms with van der Waals surface area (Å²) in [6.45, 7) is 0.482. The van der Waals surface area contributed by atoms with Crippen molar-refractivity contribution >= 4 is 15.9 Å². The molecule has 2 rings (SSSR count). The van der Waals surface area contributed by atoms with Crippen LogP contribution in [0.3, 0.4) is 0 Å². The van der Waals surface area contributed by atoms with Gasteiger partial charge in [-0.25, -0.2) is 4.79 Å². The van der Waals surface area contributed by atoms with E-state index in [2.05, 4.69) is 20.9 Å². The van der Waals surface area contributed by atoms with E-state index in [0.717, 1.165) is 10.0 Å². The maximum atomic E-state index is 11.7. The van der Waals surface area contributed by atoms with E-state index in [-0.39, 0.29) is 6.54 Å². The van der Waals surface area contributed by atoms with Crippen LogP contribution in [0.15, 0.2) is 44.5 Å². The van der Waals surface area contributed by atoms with Crippen LogP contribution in [0.25, 0.3) is 0 Å². The summed E-state index contributed by atoms with van der Waals surface area (Å²) in [5.41, 5.74) is 5.93. The van der Waals surface area contributed by atoms with Gasteiger partial charge in [-0.1, -0.05) is 34.1 Å². The highest BCUT2D eigenvalue weighted by molar-refractivity contribution is 9.10. The molecule has 0 spiro atoms. The molecule has 1 aromatic heterocycles. The molecule has 1 aromatic carbocycles. The van der Waals surface area contributed by atoms with E-state index in [0.29, 0.717) is 12.1 Å². The smallest absolute Gasteiger partial charge is 0.326 e. The van der Waals surface area contributed by atoms with Crippen molar-refractivity contribution in [2.24, 2.45) is 5.73 Å². The van der Waals surface area contributed by atoms with Crippen LogP contribution in [0.4, 0.5) is 0 Å². The first-order valence-corrected chi connectivity index (χ1v) is 6.17. The number of hydrogen-bond acceptors (Lipinski definition) is 3. The summed E-state index contributed by atoms with van der Waals surface area (Å²) in [5, 5.41) is 0. The van der Waals surface area contributed by atoms with Crippen molar-refractivity contribution in [1.29, 1.82) is 0 Å². The van der Waals surface area contributed by atoms with Gasteiger partial charge in [-0.3, -0.25) is 14.3 Å². The van der Waals surface area contributed by atoms with Crippen molar-refractivity contribution in [3.8, 4) is 0 Å². The van der Waals surface area contributed by atoms with Gasteiger partial charge in [0.05, 0.1) is 6.54 Å². The van der Waals surface area contributed by atoms with Gasteiger partial charge in [0.25, 0.3) is 5.56 Å². The van der Waals surface area contributed by atoms with Gasteiger partial charge in [0.1, 0.15) is 0 Å². The number of aromatic nitrogens is 2. The second-order valence-electron chi connectivity index (χ2n) is 3.84. The number of halogens is 1. The van der Waals surface area contributed by atoms with E-state index in [1.165, 1.54) is 10.8 Å². The quantitative estimate of drug-likeness (QED) is 0.880.